The number of carbonyl (C=O) groups excluding carboxylic acids is 1. The van der Waals surface area contributed by atoms with Gasteiger partial charge in [-0.05, 0) is 60.3 Å². The Balaban J connectivity index is 2.23. The van der Waals surface area contributed by atoms with E-state index >= 15 is 0 Å². The first-order valence-electron chi connectivity index (χ1n) is 6.34. The normalized spacial score (nSPS) is 10.8. The number of benzene rings is 1. The topological polar surface area (TPSA) is 34.0 Å². The van der Waals surface area contributed by atoms with Crippen LogP contribution in [0.5, 0.6) is 0 Å². The van der Waals surface area contributed by atoms with Gasteiger partial charge in [0.2, 0.25) is 0 Å². The molecule has 1 N–H and O–H groups in total. The predicted molar refractivity (Wildman–Crippen MR) is 88.7 cm³/mol. The summed E-state index contributed by atoms with van der Waals surface area (Å²) in [7, 11) is 0. The third-order valence-electron chi connectivity index (χ3n) is 2.93. The predicted octanol–water partition coefficient (Wildman–Crippen LogP) is 4.81. The van der Waals surface area contributed by atoms with Gasteiger partial charge in [0.1, 0.15) is 5.69 Å². The Kier molecular flexibility index (Phi) is 4.94. The number of carbonyl (C=O) groups is 1. The maximum absolute atomic E-state index is 12.4. The van der Waals surface area contributed by atoms with Gasteiger partial charge >= 0.3 is 0 Å². The Bertz CT molecular complexity index is 622. The van der Waals surface area contributed by atoms with Gasteiger partial charge in [-0.25, -0.2) is 0 Å². The number of thioether (sulfide) groups is 1. The Labute approximate surface area is 131 Å². The fourth-order valence-corrected chi connectivity index (χ4v) is 2.85. The van der Waals surface area contributed by atoms with Crippen molar-refractivity contribution in [2.45, 2.75) is 24.8 Å². The Hall–Kier alpha value is -1.20. The van der Waals surface area contributed by atoms with Crippen molar-refractivity contribution in [1.82, 2.24) is 4.57 Å². The average molecular weight is 353 g/mol. The number of nitrogens with one attached hydrogen (secondary N) is 1. The summed E-state index contributed by atoms with van der Waals surface area (Å²) in [6.07, 6.45) is 3.94. The van der Waals surface area contributed by atoms with E-state index in [2.05, 4.69) is 35.1 Å². The molecule has 0 atom stereocenters. The molecule has 0 spiro atoms. The lowest BCUT2D eigenvalue weighted by molar-refractivity contribution is 0.101. The summed E-state index contributed by atoms with van der Waals surface area (Å²) in [5.74, 6) is -0.0948. The van der Waals surface area contributed by atoms with Gasteiger partial charge in [-0.3, -0.25) is 4.79 Å². The molecule has 0 fully saturated rings. The second kappa shape index (κ2) is 6.50. The first kappa shape index (κ1) is 15.2. The zero-order valence-electron chi connectivity index (χ0n) is 11.7. The van der Waals surface area contributed by atoms with Gasteiger partial charge in [0.15, 0.2) is 0 Å². The van der Waals surface area contributed by atoms with Crippen LogP contribution in [0.4, 0.5) is 5.69 Å². The largest absolute Gasteiger partial charge is 0.340 e. The molecule has 1 heterocycles. The molecule has 0 aliphatic rings. The van der Waals surface area contributed by atoms with E-state index in [9.17, 15) is 4.79 Å². The highest BCUT2D eigenvalue weighted by Gasteiger charge is 2.15. The monoisotopic (exact) mass is 352 g/mol. The molecule has 1 aromatic heterocycles. The van der Waals surface area contributed by atoms with Crippen LogP contribution in [-0.4, -0.2) is 16.7 Å². The zero-order chi connectivity index (χ0) is 14.7. The standard InChI is InChI=1S/C15H17BrN2OS/c1-10(2)18-9-11(16)7-14(18)15(19)17-12-5-4-6-13(8-12)20-3/h4-10H,1-3H3,(H,17,19). The lowest BCUT2D eigenvalue weighted by atomic mass is 10.3. The minimum Gasteiger partial charge on any atom is -0.340 e. The molecule has 0 saturated carbocycles. The third kappa shape index (κ3) is 3.46. The highest BCUT2D eigenvalue weighted by atomic mass is 79.9. The Morgan fingerprint density at radius 2 is 2.10 bits per heavy atom. The van der Waals surface area contributed by atoms with Crippen LogP contribution in [0.15, 0.2) is 45.9 Å². The molecule has 1 aromatic carbocycles. The van der Waals surface area contributed by atoms with E-state index in [4.69, 9.17) is 0 Å². The first-order chi connectivity index (χ1) is 9.51. The quantitative estimate of drug-likeness (QED) is 0.801. The van der Waals surface area contributed by atoms with Gasteiger partial charge in [0.25, 0.3) is 5.91 Å². The van der Waals surface area contributed by atoms with Gasteiger partial charge in [-0.15, -0.1) is 11.8 Å². The van der Waals surface area contributed by atoms with E-state index in [1.807, 2.05) is 47.4 Å². The summed E-state index contributed by atoms with van der Waals surface area (Å²) in [6.45, 7) is 4.11. The summed E-state index contributed by atoms with van der Waals surface area (Å²) >= 11 is 5.08. The number of anilines is 1. The second-order valence-electron chi connectivity index (χ2n) is 4.73. The van der Waals surface area contributed by atoms with Gasteiger partial charge in [0.05, 0.1) is 0 Å². The molecule has 0 radical (unpaired) electrons. The molecule has 0 unspecified atom stereocenters. The highest BCUT2D eigenvalue weighted by molar-refractivity contribution is 9.10. The molecule has 0 saturated heterocycles. The average Bonchev–Trinajstić information content (AvgIpc) is 2.81. The van der Waals surface area contributed by atoms with E-state index in [1.54, 1.807) is 11.8 Å². The summed E-state index contributed by atoms with van der Waals surface area (Å²) in [5, 5.41) is 2.95. The molecule has 2 aromatic rings. The van der Waals surface area contributed by atoms with Crippen LogP contribution in [0.3, 0.4) is 0 Å². The molecule has 0 aliphatic heterocycles. The second-order valence-corrected chi connectivity index (χ2v) is 6.53. The van der Waals surface area contributed by atoms with Gasteiger partial charge < -0.3 is 9.88 Å². The van der Waals surface area contributed by atoms with Crippen molar-refractivity contribution < 1.29 is 4.79 Å². The number of hydrogen-bond acceptors (Lipinski definition) is 2. The maximum atomic E-state index is 12.4. The van der Waals surface area contributed by atoms with Crippen molar-refractivity contribution in [3.63, 3.8) is 0 Å². The highest BCUT2D eigenvalue weighted by Crippen LogP contribution is 2.22. The number of aromatic nitrogens is 1. The van der Waals surface area contributed by atoms with Crippen molar-refractivity contribution in [2.75, 3.05) is 11.6 Å². The molecule has 3 nitrogen and oxygen atoms in total. The number of nitrogens with zero attached hydrogens (tertiary/aromatic N) is 1. The van der Waals surface area contributed by atoms with Crippen LogP contribution in [0.1, 0.15) is 30.4 Å². The summed E-state index contributed by atoms with van der Waals surface area (Å²) in [5.41, 5.74) is 1.47. The van der Waals surface area contributed by atoms with Crippen LogP contribution in [0.2, 0.25) is 0 Å². The van der Waals surface area contributed by atoms with Gasteiger partial charge in [-0.2, -0.15) is 0 Å². The van der Waals surface area contributed by atoms with Gasteiger partial charge in [-0.1, -0.05) is 6.07 Å². The fraction of sp³-hybridized carbons (Fsp3) is 0.267. The van der Waals surface area contributed by atoms with E-state index in [0.717, 1.165) is 15.1 Å². The fourth-order valence-electron chi connectivity index (χ4n) is 1.95. The van der Waals surface area contributed by atoms with Crippen molar-refractivity contribution in [3.05, 3.63) is 46.7 Å². The lowest BCUT2D eigenvalue weighted by Crippen LogP contribution is -2.17. The van der Waals surface area contributed by atoms with Crippen LogP contribution < -0.4 is 5.32 Å². The lowest BCUT2D eigenvalue weighted by Gasteiger charge is -2.13. The molecule has 2 rings (SSSR count). The number of hydrogen-bond donors (Lipinski definition) is 1. The van der Waals surface area contributed by atoms with Crippen LogP contribution in [-0.2, 0) is 0 Å². The number of halogens is 1. The van der Waals surface area contributed by atoms with Gasteiger partial charge in [0, 0.05) is 27.3 Å². The summed E-state index contributed by atoms with van der Waals surface area (Å²) in [4.78, 5) is 13.5. The van der Waals surface area contributed by atoms with E-state index in [0.29, 0.717) is 5.69 Å². The van der Waals surface area contributed by atoms with E-state index in [-0.39, 0.29) is 11.9 Å². The number of rotatable bonds is 4. The van der Waals surface area contributed by atoms with Crippen molar-refractivity contribution in [1.29, 1.82) is 0 Å². The Morgan fingerprint density at radius 3 is 2.75 bits per heavy atom. The van der Waals surface area contributed by atoms with Crippen molar-refractivity contribution in [3.8, 4) is 0 Å². The van der Waals surface area contributed by atoms with Crippen molar-refractivity contribution in [2.24, 2.45) is 0 Å². The molecule has 5 heteroatoms. The maximum Gasteiger partial charge on any atom is 0.272 e. The minimum absolute atomic E-state index is 0.0948. The van der Waals surface area contributed by atoms with Crippen molar-refractivity contribution >= 4 is 39.3 Å². The zero-order valence-corrected chi connectivity index (χ0v) is 14.1. The SMILES string of the molecule is CSc1cccc(NC(=O)c2cc(Br)cn2C(C)C)c1. The Morgan fingerprint density at radius 1 is 1.35 bits per heavy atom. The van der Waals surface area contributed by atoms with E-state index in [1.165, 1.54) is 0 Å². The van der Waals surface area contributed by atoms with E-state index < -0.39 is 0 Å². The molecule has 106 valence electrons. The summed E-state index contributed by atoms with van der Waals surface area (Å²) in [6, 6.07) is 9.91. The smallest absolute Gasteiger partial charge is 0.272 e. The van der Waals surface area contributed by atoms with Crippen LogP contribution in [0, 0.1) is 0 Å². The summed E-state index contributed by atoms with van der Waals surface area (Å²) < 4.78 is 2.87. The first-order valence-corrected chi connectivity index (χ1v) is 8.36. The molecule has 0 bridgehead atoms. The van der Waals surface area contributed by atoms with Crippen LogP contribution >= 0.6 is 27.7 Å². The molecular formula is C15H17BrN2OS. The molecule has 0 aliphatic carbocycles. The number of amides is 1. The molecule has 20 heavy (non-hydrogen) atoms. The molecular weight excluding hydrogens is 336 g/mol. The molecule has 1 amide bonds. The third-order valence-corrected chi connectivity index (χ3v) is 4.09. The van der Waals surface area contributed by atoms with Crippen LogP contribution in [0.25, 0.3) is 0 Å². The minimum atomic E-state index is -0.0948.